The molecule has 0 saturated heterocycles. The molecule has 1 heterocycles. The van der Waals surface area contributed by atoms with Gasteiger partial charge in [-0.15, -0.1) is 0 Å². The Kier molecular flexibility index (Phi) is 5.73. The molecule has 3 N–H and O–H groups in total. The molecule has 0 radical (unpaired) electrons. The van der Waals surface area contributed by atoms with Crippen molar-refractivity contribution in [3.05, 3.63) is 11.7 Å². The Morgan fingerprint density at radius 1 is 1.43 bits per heavy atom. The van der Waals surface area contributed by atoms with Crippen molar-refractivity contribution in [1.82, 2.24) is 15.5 Å². The minimum absolute atomic E-state index is 0.0460. The number of carbonyl (C=O) groups is 1. The number of nitrogens with zero attached hydrogens (tertiary/aromatic N) is 2. The van der Waals surface area contributed by atoms with Crippen molar-refractivity contribution >= 4 is 5.91 Å². The zero-order chi connectivity index (χ0) is 15.2. The first kappa shape index (κ1) is 15.9. The molecule has 1 aliphatic rings. The Morgan fingerprint density at radius 3 is 2.86 bits per heavy atom. The monoisotopic (exact) mass is 294 g/mol. The lowest BCUT2D eigenvalue weighted by molar-refractivity contribution is -0.122. The summed E-state index contributed by atoms with van der Waals surface area (Å²) in [6.45, 7) is 4.67. The topological polar surface area (TPSA) is 94.0 Å². The molecule has 118 valence electrons. The van der Waals surface area contributed by atoms with Crippen LogP contribution in [0.4, 0.5) is 0 Å². The third kappa shape index (κ3) is 4.52. The van der Waals surface area contributed by atoms with Gasteiger partial charge >= 0.3 is 0 Å². The highest BCUT2D eigenvalue weighted by Crippen LogP contribution is 2.23. The normalized spacial score (nSPS) is 22.5. The summed E-state index contributed by atoms with van der Waals surface area (Å²) in [5.41, 5.74) is 5.78. The van der Waals surface area contributed by atoms with Crippen LogP contribution in [0.5, 0.6) is 0 Å². The van der Waals surface area contributed by atoms with Crippen LogP contribution >= 0.6 is 0 Å². The number of aromatic nitrogens is 2. The summed E-state index contributed by atoms with van der Waals surface area (Å²) in [6, 6.07) is 0.227. The molecule has 1 fully saturated rings. The van der Waals surface area contributed by atoms with E-state index in [9.17, 15) is 4.79 Å². The molecule has 2 unspecified atom stereocenters. The Hall–Kier alpha value is -1.43. The van der Waals surface area contributed by atoms with Gasteiger partial charge in [0.2, 0.25) is 11.8 Å². The SMILES string of the molecule is CC(C)c1noc(CCC(=O)NC2CCCCC2CN)n1. The fourth-order valence-electron chi connectivity index (χ4n) is 2.78. The summed E-state index contributed by atoms with van der Waals surface area (Å²) in [5, 5.41) is 7.01. The number of hydrogen-bond acceptors (Lipinski definition) is 5. The zero-order valence-corrected chi connectivity index (χ0v) is 13.0. The smallest absolute Gasteiger partial charge is 0.227 e. The van der Waals surface area contributed by atoms with Gasteiger partial charge in [0.1, 0.15) is 0 Å². The van der Waals surface area contributed by atoms with E-state index in [0.717, 1.165) is 12.8 Å². The van der Waals surface area contributed by atoms with E-state index in [2.05, 4.69) is 15.5 Å². The van der Waals surface area contributed by atoms with Crippen LogP contribution in [-0.4, -0.2) is 28.6 Å². The lowest BCUT2D eigenvalue weighted by Gasteiger charge is -2.31. The molecule has 1 aliphatic carbocycles. The Labute approximate surface area is 125 Å². The molecule has 0 aliphatic heterocycles. The number of nitrogens with two attached hydrogens (primary N) is 1. The molecule has 2 rings (SSSR count). The van der Waals surface area contributed by atoms with Gasteiger partial charge in [0.15, 0.2) is 5.82 Å². The molecule has 21 heavy (non-hydrogen) atoms. The molecular weight excluding hydrogens is 268 g/mol. The summed E-state index contributed by atoms with van der Waals surface area (Å²) >= 11 is 0. The third-order valence-electron chi connectivity index (χ3n) is 4.12. The largest absolute Gasteiger partial charge is 0.353 e. The highest BCUT2D eigenvalue weighted by Gasteiger charge is 2.25. The molecule has 1 saturated carbocycles. The van der Waals surface area contributed by atoms with Crippen LogP contribution in [0.15, 0.2) is 4.52 Å². The summed E-state index contributed by atoms with van der Waals surface area (Å²) < 4.78 is 5.15. The summed E-state index contributed by atoms with van der Waals surface area (Å²) in [5.74, 6) is 1.93. The van der Waals surface area contributed by atoms with Crippen LogP contribution in [0.2, 0.25) is 0 Å². The standard InChI is InChI=1S/C15H26N4O2/c1-10(2)15-18-14(21-19-15)8-7-13(20)17-12-6-4-3-5-11(12)9-16/h10-12H,3-9,16H2,1-2H3,(H,17,20). The molecule has 0 aromatic carbocycles. The fourth-order valence-corrected chi connectivity index (χ4v) is 2.78. The number of hydrogen-bond donors (Lipinski definition) is 2. The van der Waals surface area contributed by atoms with Gasteiger partial charge in [0.25, 0.3) is 0 Å². The Bertz CT molecular complexity index is 458. The quantitative estimate of drug-likeness (QED) is 0.833. The van der Waals surface area contributed by atoms with Crippen molar-refractivity contribution in [2.75, 3.05) is 6.54 Å². The second-order valence-corrected chi connectivity index (χ2v) is 6.16. The minimum atomic E-state index is 0.0460. The molecule has 0 spiro atoms. The highest BCUT2D eigenvalue weighted by molar-refractivity contribution is 5.76. The molecule has 6 heteroatoms. The van der Waals surface area contributed by atoms with E-state index in [1.165, 1.54) is 12.8 Å². The lowest BCUT2D eigenvalue weighted by atomic mass is 9.84. The third-order valence-corrected chi connectivity index (χ3v) is 4.12. The number of aryl methyl sites for hydroxylation is 1. The van der Waals surface area contributed by atoms with Crippen LogP contribution in [0, 0.1) is 5.92 Å². The summed E-state index contributed by atoms with van der Waals surface area (Å²) in [6.07, 6.45) is 5.41. The number of nitrogens with one attached hydrogen (secondary N) is 1. The van der Waals surface area contributed by atoms with Crippen LogP contribution in [-0.2, 0) is 11.2 Å². The van der Waals surface area contributed by atoms with Crippen molar-refractivity contribution in [1.29, 1.82) is 0 Å². The van der Waals surface area contributed by atoms with Crippen molar-refractivity contribution in [2.45, 2.75) is 64.3 Å². The first-order valence-corrected chi connectivity index (χ1v) is 7.92. The number of rotatable bonds is 6. The molecule has 1 amide bonds. The highest BCUT2D eigenvalue weighted by atomic mass is 16.5. The van der Waals surface area contributed by atoms with Gasteiger partial charge in [-0.2, -0.15) is 4.98 Å². The van der Waals surface area contributed by atoms with Crippen molar-refractivity contribution in [2.24, 2.45) is 11.7 Å². The predicted octanol–water partition coefficient (Wildman–Crippen LogP) is 1.76. The van der Waals surface area contributed by atoms with Gasteiger partial charge in [-0.3, -0.25) is 4.79 Å². The number of carbonyl (C=O) groups excluding carboxylic acids is 1. The van der Waals surface area contributed by atoms with Crippen LogP contribution in [0.25, 0.3) is 0 Å². The van der Waals surface area contributed by atoms with Gasteiger partial charge in [-0.1, -0.05) is 31.8 Å². The second kappa shape index (κ2) is 7.54. The number of amides is 1. The summed E-state index contributed by atoms with van der Waals surface area (Å²) in [7, 11) is 0. The molecule has 0 bridgehead atoms. The van der Waals surface area contributed by atoms with E-state index in [-0.39, 0.29) is 17.9 Å². The molecule has 6 nitrogen and oxygen atoms in total. The van der Waals surface area contributed by atoms with Crippen molar-refractivity contribution in [3.8, 4) is 0 Å². The van der Waals surface area contributed by atoms with E-state index in [1.807, 2.05) is 13.8 Å². The van der Waals surface area contributed by atoms with E-state index >= 15 is 0 Å². The van der Waals surface area contributed by atoms with Gasteiger partial charge < -0.3 is 15.6 Å². The van der Waals surface area contributed by atoms with E-state index in [4.69, 9.17) is 10.3 Å². The maximum atomic E-state index is 12.0. The molecule has 2 atom stereocenters. The zero-order valence-electron chi connectivity index (χ0n) is 13.0. The average Bonchev–Trinajstić information content (AvgIpc) is 2.95. The molecule has 1 aromatic rings. The van der Waals surface area contributed by atoms with Gasteiger partial charge in [0.05, 0.1) is 0 Å². The summed E-state index contributed by atoms with van der Waals surface area (Å²) in [4.78, 5) is 16.3. The Morgan fingerprint density at radius 2 is 2.19 bits per heavy atom. The van der Waals surface area contributed by atoms with Crippen LogP contribution in [0.1, 0.15) is 63.6 Å². The van der Waals surface area contributed by atoms with E-state index in [0.29, 0.717) is 37.0 Å². The van der Waals surface area contributed by atoms with Crippen LogP contribution in [0.3, 0.4) is 0 Å². The van der Waals surface area contributed by atoms with E-state index < -0.39 is 0 Å². The Balaban J connectivity index is 1.78. The first-order chi connectivity index (χ1) is 10.1. The maximum Gasteiger partial charge on any atom is 0.227 e. The van der Waals surface area contributed by atoms with Crippen molar-refractivity contribution in [3.63, 3.8) is 0 Å². The molecule has 1 aromatic heterocycles. The van der Waals surface area contributed by atoms with Gasteiger partial charge in [-0.05, 0) is 25.3 Å². The van der Waals surface area contributed by atoms with Crippen molar-refractivity contribution < 1.29 is 9.32 Å². The fraction of sp³-hybridized carbons (Fsp3) is 0.800. The van der Waals surface area contributed by atoms with Crippen LogP contribution < -0.4 is 11.1 Å². The minimum Gasteiger partial charge on any atom is -0.353 e. The molecular formula is C15H26N4O2. The second-order valence-electron chi connectivity index (χ2n) is 6.16. The average molecular weight is 294 g/mol. The van der Waals surface area contributed by atoms with Gasteiger partial charge in [-0.25, -0.2) is 0 Å². The first-order valence-electron chi connectivity index (χ1n) is 7.92. The predicted molar refractivity (Wildman–Crippen MR) is 79.7 cm³/mol. The maximum absolute atomic E-state index is 12.0. The van der Waals surface area contributed by atoms with E-state index in [1.54, 1.807) is 0 Å². The lowest BCUT2D eigenvalue weighted by Crippen LogP contribution is -2.44. The van der Waals surface area contributed by atoms with Gasteiger partial charge in [0, 0.05) is 24.8 Å².